The van der Waals surface area contributed by atoms with Crippen LogP contribution in [0.1, 0.15) is 33.0 Å². The van der Waals surface area contributed by atoms with Gasteiger partial charge in [0.2, 0.25) is 0 Å². The summed E-state index contributed by atoms with van der Waals surface area (Å²) in [6, 6.07) is 15.4. The zero-order valence-electron chi connectivity index (χ0n) is 13.8. The Labute approximate surface area is 146 Å². The molecule has 118 valence electrons. The SMILES string of the molecule is Cc1ccc(Cc2nc(CSc3ccc(C)cc3C)cs2)cc1. The number of thioether (sulfide) groups is 1. The van der Waals surface area contributed by atoms with Crippen molar-refractivity contribution in [3.63, 3.8) is 0 Å². The van der Waals surface area contributed by atoms with Crippen molar-refractivity contribution in [2.45, 2.75) is 37.8 Å². The number of aromatic nitrogens is 1. The van der Waals surface area contributed by atoms with E-state index in [-0.39, 0.29) is 0 Å². The Hall–Kier alpha value is -1.58. The zero-order chi connectivity index (χ0) is 16.2. The van der Waals surface area contributed by atoms with E-state index >= 15 is 0 Å². The van der Waals surface area contributed by atoms with Gasteiger partial charge in [-0.3, -0.25) is 0 Å². The molecule has 1 heterocycles. The molecule has 1 aromatic heterocycles. The lowest BCUT2D eigenvalue weighted by molar-refractivity contribution is 1.09. The fraction of sp³-hybridized carbons (Fsp3) is 0.250. The molecule has 0 unspecified atom stereocenters. The maximum Gasteiger partial charge on any atom is 0.0972 e. The lowest BCUT2D eigenvalue weighted by atomic mass is 10.1. The molecule has 1 nitrogen and oxygen atoms in total. The van der Waals surface area contributed by atoms with Crippen LogP contribution in [0.4, 0.5) is 0 Å². The van der Waals surface area contributed by atoms with E-state index in [1.54, 1.807) is 11.3 Å². The van der Waals surface area contributed by atoms with Gasteiger partial charge in [-0.25, -0.2) is 4.98 Å². The molecule has 0 saturated carbocycles. The highest BCUT2D eigenvalue weighted by molar-refractivity contribution is 7.98. The van der Waals surface area contributed by atoms with Gasteiger partial charge in [0.05, 0.1) is 10.7 Å². The molecule has 23 heavy (non-hydrogen) atoms. The smallest absolute Gasteiger partial charge is 0.0972 e. The van der Waals surface area contributed by atoms with Crippen LogP contribution < -0.4 is 0 Å². The van der Waals surface area contributed by atoms with Crippen molar-refractivity contribution in [2.24, 2.45) is 0 Å². The molecule has 3 aromatic rings. The van der Waals surface area contributed by atoms with Gasteiger partial charge >= 0.3 is 0 Å². The number of hydrogen-bond donors (Lipinski definition) is 0. The molecule has 3 rings (SSSR count). The van der Waals surface area contributed by atoms with Gasteiger partial charge in [0.25, 0.3) is 0 Å². The Morgan fingerprint density at radius 1 is 0.957 bits per heavy atom. The van der Waals surface area contributed by atoms with Crippen LogP contribution in [-0.2, 0) is 12.2 Å². The van der Waals surface area contributed by atoms with Gasteiger partial charge < -0.3 is 0 Å². The summed E-state index contributed by atoms with van der Waals surface area (Å²) in [7, 11) is 0. The highest BCUT2D eigenvalue weighted by Gasteiger charge is 2.06. The third-order valence-corrected chi connectivity index (χ3v) is 5.89. The first-order chi connectivity index (χ1) is 11.1. The molecule has 0 radical (unpaired) electrons. The highest BCUT2D eigenvalue weighted by atomic mass is 32.2. The summed E-state index contributed by atoms with van der Waals surface area (Å²) in [6.07, 6.45) is 0.930. The van der Waals surface area contributed by atoms with Crippen LogP contribution >= 0.6 is 23.1 Å². The zero-order valence-corrected chi connectivity index (χ0v) is 15.4. The second-order valence-electron chi connectivity index (χ2n) is 5.95. The van der Waals surface area contributed by atoms with Crippen molar-refractivity contribution in [1.82, 2.24) is 4.98 Å². The van der Waals surface area contributed by atoms with Crippen molar-refractivity contribution >= 4 is 23.1 Å². The van der Waals surface area contributed by atoms with Crippen molar-refractivity contribution in [2.75, 3.05) is 0 Å². The molecule has 0 bridgehead atoms. The second kappa shape index (κ2) is 7.33. The van der Waals surface area contributed by atoms with Gasteiger partial charge in [0, 0.05) is 22.4 Å². The van der Waals surface area contributed by atoms with Crippen LogP contribution in [0.25, 0.3) is 0 Å². The monoisotopic (exact) mass is 339 g/mol. The standard InChI is InChI=1S/C20H21NS2/c1-14-4-7-17(8-5-14)11-20-21-18(13-23-20)12-22-19-9-6-15(2)10-16(19)3/h4-10,13H,11-12H2,1-3H3. The van der Waals surface area contributed by atoms with E-state index in [4.69, 9.17) is 4.98 Å². The number of thiazole rings is 1. The quantitative estimate of drug-likeness (QED) is 0.533. The average molecular weight is 340 g/mol. The maximum atomic E-state index is 4.79. The van der Waals surface area contributed by atoms with E-state index in [0.717, 1.165) is 12.2 Å². The summed E-state index contributed by atoms with van der Waals surface area (Å²) in [5.41, 5.74) is 6.49. The molecule has 2 aromatic carbocycles. The Balaban J connectivity index is 1.62. The summed E-state index contributed by atoms with van der Waals surface area (Å²) >= 11 is 3.64. The second-order valence-corrected chi connectivity index (χ2v) is 7.91. The summed E-state index contributed by atoms with van der Waals surface area (Å²) < 4.78 is 0. The molecular formula is C20H21NS2. The fourth-order valence-electron chi connectivity index (χ4n) is 2.49. The van der Waals surface area contributed by atoms with Crippen LogP contribution in [-0.4, -0.2) is 4.98 Å². The van der Waals surface area contributed by atoms with Crippen molar-refractivity contribution in [3.8, 4) is 0 Å². The van der Waals surface area contributed by atoms with E-state index in [0.29, 0.717) is 0 Å². The van der Waals surface area contributed by atoms with E-state index in [9.17, 15) is 0 Å². The molecule has 0 amide bonds. The minimum absolute atomic E-state index is 0.930. The fourth-order valence-corrected chi connectivity index (χ4v) is 4.33. The predicted molar refractivity (Wildman–Crippen MR) is 102 cm³/mol. The molecule has 0 saturated heterocycles. The maximum absolute atomic E-state index is 4.79. The summed E-state index contributed by atoms with van der Waals surface area (Å²) in [5, 5.41) is 3.39. The van der Waals surface area contributed by atoms with Crippen LogP contribution in [0.15, 0.2) is 52.7 Å². The van der Waals surface area contributed by atoms with Crippen molar-refractivity contribution in [3.05, 3.63) is 80.8 Å². The Kier molecular flexibility index (Phi) is 5.19. The van der Waals surface area contributed by atoms with Gasteiger partial charge in [-0.2, -0.15) is 0 Å². The summed E-state index contributed by atoms with van der Waals surface area (Å²) in [5.74, 6) is 0.939. The number of nitrogens with zero attached hydrogens (tertiary/aromatic N) is 1. The highest BCUT2D eigenvalue weighted by Crippen LogP contribution is 2.27. The molecule has 0 fully saturated rings. The first kappa shape index (κ1) is 16.3. The largest absolute Gasteiger partial charge is 0.245 e. The third kappa shape index (κ3) is 4.46. The summed E-state index contributed by atoms with van der Waals surface area (Å²) in [4.78, 5) is 6.14. The van der Waals surface area contributed by atoms with Crippen LogP contribution in [0, 0.1) is 20.8 Å². The van der Waals surface area contributed by atoms with Gasteiger partial charge in [-0.1, -0.05) is 47.5 Å². The first-order valence-corrected chi connectivity index (χ1v) is 9.65. The molecule has 0 atom stereocenters. The van der Waals surface area contributed by atoms with Gasteiger partial charge in [-0.05, 0) is 38.0 Å². The minimum Gasteiger partial charge on any atom is -0.245 e. The molecular weight excluding hydrogens is 318 g/mol. The van der Waals surface area contributed by atoms with Gasteiger partial charge in [0.15, 0.2) is 0 Å². The van der Waals surface area contributed by atoms with E-state index in [2.05, 4.69) is 68.6 Å². The van der Waals surface area contributed by atoms with Crippen molar-refractivity contribution < 1.29 is 0 Å². The molecule has 0 aliphatic rings. The predicted octanol–water partition coefficient (Wildman–Crippen LogP) is 5.95. The molecule has 0 aliphatic carbocycles. The Morgan fingerprint density at radius 2 is 1.70 bits per heavy atom. The normalized spacial score (nSPS) is 10.9. The lowest BCUT2D eigenvalue weighted by Crippen LogP contribution is -1.89. The molecule has 0 spiro atoms. The molecule has 3 heteroatoms. The van der Waals surface area contributed by atoms with Gasteiger partial charge in [-0.15, -0.1) is 23.1 Å². The third-order valence-electron chi connectivity index (χ3n) is 3.78. The molecule has 0 N–H and O–H groups in total. The number of rotatable bonds is 5. The first-order valence-electron chi connectivity index (χ1n) is 7.79. The Morgan fingerprint density at radius 3 is 2.43 bits per heavy atom. The summed E-state index contributed by atoms with van der Waals surface area (Å²) in [6.45, 7) is 6.44. The molecule has 0 aliphatic heterocycles. The van der Waals surface area contributed by atoms with Crippen LogP contribution in [0.2, 0.25) is 0 Å². The van der Waals surface area contributed by atoms with Crippen LogP contribution in [0.3, 0.4) is 0 Å². The lowest BCUT2D eigenvalue weighted by Gasteiger charge is -2.05. The topological polar surface area (TPSA) is 12.9 Å². The van der Waals surface area contributed by atoms with E-state index in [1.807, 2.05) is 11.8 Å². The Bertz CT molecular complexity index is 788. The van der Waals surface area contributed by atoms with E-state index in [1.165, 1.54) is 37.9 Å². The van der Waals surface area contributed by atoms with Gasteiger partial charge in [0.1, 0.15) is 0 Å². The number of hydrogen-bond acceptors (Lipinski definition) is 3. The number of aryl methyl sites for hydroxylation is 3. The minimum atomic E-state index is 0.930. The number of benzene rings is 2. The van der Waals surface area contributed by atoms with E-state index < -0.39 is 0 Å². The van der Waals surface area contributed by atoms with Crippen molar-refractivity contribution in [1.29, 1.82) is 0 Å². The average Bonchev–Trinajstić information content (AvgIpc) is 2.96. The van der Waals surface area contributed by atoms with Crippen LogP contribution in [0.5, 0.6) is 0 Å².